The predicted octanol–water partition coefficient (Wildman–Crippen LogP) is 4.41. The van der Waals surface area contributed by atoms with Gasteiger partial charge in [-0.05, 0) is 25.1 Å². The summed E-state index contributed by atoms with van der Waals surface area (Å²) in [5, 5.41) is 3.94. The monoisotopic (exact) mass is 468 g/mol. The second-order valence-corrected chi connectivity index (χ2v) is 8.41. The summed E-state index contributed by atoms with van der Waals surface area (Å²) in [6, 6.07) is 9.16. The van der Waals surface area contributed by atoms with E-state index in [0.29, 0.717) is 24.7 Å². The number of amides is 1. The van der Waals surface area contributed by atoms with Crippen LogP contribution in [-0.4, -0.2) is 51.9 Å². The molecule has 2 aromatic carbocycles. The summed E-state index contributed by atoms with van der Waals surface area (Å²) in [6.07, 6.45) is 0.525. The molecule has 0 bridgehead atoms. The van der Waals surface area contributed by atoms with Gasteiger partial charge < -0.3 is 15.1 Å². The summed E-state index contributed by atoms with van der Waals surface area (Å²) in [5.41, 5.74) is 1.17. The molecule has 2 aromatic heterocycles. The van der Waals surface area contributed by atoms with Gasteiger partial charge in [-0.25, -0.2) is 18.2 Å². The Hall–Kier alpha value is -3.82. The third-order valence-corrected chi connectivity index (χ3v) is 6.26. The lowest BCUT2D eigenvalue weighted by Gasteiger charge is -2.33. The van der Waals surface area contributed by atoms with Gasteiger partial charge >= 0.3 is 0 Å². The van der Waals surface area contributed by atoms with Gasteiger partial charge in [0.2, 0.25) is 11.7 Å². The number of halogens is 3. The zero-order valence-electron chi connectivity index (χ0n) is 18.7. The van der Waals surface area contributed by atoms with Gasteiger partial charge in [-0.1, -0.05) is 18.2 Å². The van der Waals surface area contributed by atoms with E-state index in [2.05, 4.69) is 15.3 Å². The number of imidazole rings is 1. The maximum atomic E-state index is 14.8. The van der Waals surface area contributed by atoms with Crippen LogP contribution in [0.3, 0.4) is 0 Å². The van der Waals surface area contributed by atoms with Crippen molar-refractivity contribution in [3.63, 3.8) is 0 Å². The molecule has 3 heterocycles. The van der Waals surface area contributed by atoms with Crippen molar-refractivity contribution in [1.29, 1.82) is 0 Å². The number of nitrogens with one attached hydrogen (secondary N) is 1. The molecule has 0 radical (unpaired) electrons. The summed E-state index contributed by atoms with van der Waals surface area (Å²) >= 11 is 0. The average molecular weight is 468 g/mol. The molecule has 7 nitrogen and oxygen atoms in total. The Bertz CT molecular complexity index is 1390. The van der Waals surface area contributed by atoms with E-state index in [9.17, 15) is 18.0 Å². The molecule has 34 heavy (non-hydrogen) atoms. The lowest BCUT2D eigenvalue weighted by atomic mass is 10.0. The molecule has 1 unspecified atom stereocenters. The van der Waals surface area contributed by atoms with Crippen molar-refractivity contribution in [2.75, 3.05) is 36.9 Å². The Morgan fingerprint density at radius 1 is 1.12 bits per heavy atom. The third kappa shape index (κ3) is 3.78. The van der Waals surface area contributed by atoms with Gasteiger partial charge in [-0.3, -0.25) is 9.20 Å². The predicted molar refractivity (Wildman–Crippen MR) is 124 cm³/mol. The Labute approximate surface area is 193 Å². The number of nitrogens with zero attached hydrogens (tertiary/aromatic N) is 5. The minimum atomic E-state index is -2.90. The van der Waals surface area contributed by atoms with Gasteiger partial charge in [0, 0.05) is 49.2 Å². The third-order valence-electron chi connectivity index (χ3n) is 6.26. The molecule has 0 aliphatic carbocycles. The van der Waals surface area contributed by atoms with Crippen LogP contribution in [0, 0.1) is 5.82 Å². The van der Waals surface area contributed by atoms with Crippen molar-refractivity contribution in [2.45, 2.75) is 19.4 Å². The number of fused-ring (bicyclic) bond motifs is 3. The molecular formula is C24H23F3N6O. The number of aromatic nitrogens is 3. The highest BCUT2D eigenvalue weighted by Crippen LogP contribution is 2.32. The normalized spacial score (nSPS) is 15.5. The molecule has 4 aromatic rings. The number of hydrogen-bond donors (Lipinski definition) is 1. The quantitative estimate of drug-likeness (QED) is 0.470. The first-order valence-corrected chi connectivity index (χ1v) is 10.9. The highest BCUT2D eigenvalue weighted by molar-refractivity contribution is 5.94. The van der Waals surface area contributed by atoms with Crippen molar-refractivity contribution in [3.8, 4) is 0 Å². The molecule has 176 valence electrons. The lowest BCUT2D eigenvalue weighted by molar-refractivity contribution is -0.129. The highest BCUT2D eigenvalue weighted by Gasteiger charge is 2.23. The van der Waals surface area contributed by atoms with Gasteiger partial charge in [-0.15, -0.1) is 0 Å². The lowest BCUT2D eigenvalue weighted by Crippen LogP contribution is -2.48. The van der Waals surface area contributed by atoms with E-state index in [-0.39, 0.29) is 18.0 Å². The van der Waals surface area contributed by atoms with E-state index in [0.717, 1.165) is 22.7 Å². The van der Waals surface area contributed by atoms with Crippen LogP contribution in [-0.2, 0) is 4.79 Å². The number of carbonyl (C=O) groups is 1. The molecule has 1 saturated heterocycles. The number of likely N-dealkylation sites (N-methyl/N-ethyl adjacent to an activating group) is 1. The molecule has 1 aliphatic heterocycles. The average Bonchev–Trinajstić information content (AvgIpc) is 3.29. The highest BCUT2D eigenvalue weighted by atomic mass is 19.3. The number of alkyl halides is 2. The molecular weight excluding hydrogens is 445 g/mol. The summed E-state index contributed by atoms with van der Waals surface area (Å²) < 4.78 is 43.0. The molecule has 1 fully saturated rings. The Morgan fingerprint density at radius 2 is 1.91 bits per heavy atom. The fraction of sp³-hybridized carbons (Fsp3) is 0.292. The fourth-order valence-electron chi connectivity index (χ4n) is 4.29. The van der Waals surface area contributed by atoms with Crippen LogP contribution >= 0.6 is 0 Å². The summed E-state index contributed by atoms with van der Waals surface area (Å²) in [6.45, 7) is 3.28. The van der Waals surface area contributed by atoms with Crippen molar-refractivity contribution in [2.24, 2.45) is 0 Å². The zero-order chi connectivity index (χ0) is 24.0. The van der Waals surface area contributed by atoms with Gasteiger partial charge in [0.05, 0.1) is 23.7 Å². The van der Waals surface area contributed by atoms with E-state index in [4.69, 9.17) is 0 Å². The topological polar surface area (TPSA) is 65.8 Å². The zero-order valence-corrected chi connectivity index (χ0v) is 18.7. The van der Waals surface area contributed by atoms with E-state index in [1.165, 1.54) is 12.1 Å². The van der Waals surface area contributed by atoms with Gasteiger partial charge in [0.25, 0.3) is 6.43 Å². The van der Waals surface area contributed by atoms with Crippen molar-refractivity contribution in [3.05, 3.63) is 65.7 Å². The molecule has 1 atom stereocenters. The molecule has 0 saturated carbocycles. The summed E-state index contributed by atoms with van der Waals surface area (Å²) in [4.78, 5) is 24.8. The Morgan fingerprint density at radius 3 is 2.68 bits per heavy atom. The largest absolute Gasteiger partial charge is 0.363 e. The maximum absolute atomic E-state index is 14.8. The minimum absolute atomic E-state index is 0.0379. The molecule has 1 N–H and O–H groups in total. The van der Waals surface area contributed by atoms with Gasteiger partial charge in [-0.2, -0.15) is 4.98 Å². The van der Waals surface area contributed by atoms with Crippen LogP contribution in [0.25, 0.3) is 16.7 Å². The SMILES string of the molecule is CC(Nc1nc2nccn2c2ccc(N3CCN(C)C(=O)C3)cc12)c1cccc(C(F)F)c1F. The number of carbonyl (C=O) groups excluding carboxylic acids is 1. The van der Waals surface area contributed by atoms with Crippen molar-refractivity contribution >= 4 is 34.1 Å². The Kier molecular flexibility index (Phi) is 5.51. The summed E-state index contributed by atoms with van der Waals surface area (Å²) in [7, 11) is 1.78. The minimum Gasteiger partial charge on any atom is -0.363 e. The number of anilines is 2. The number of piperazine rings is 1. The van der Waals surface area contributed by atoms with E-state index < -0.39 is 23.8 Å². The molecule has 1 aliphatic rings. The van der Waals surface area contributed by atoms with E-state index >= 15 is 0 Å². The van der Waals surface area contributed by atoms with Crippen LogP contribution in [0.2, 0.25) is 0 Å². The fourth-order valence-corrected chi connectivity index (χ4v) is 4.29. The van der Waals surface area contributed by atoms with Crippen LogP contribution in [0.4, 0.5) is 24.7 Å². The first-order chi connectivity index (χ1) is 16.3. The molecule has 5 rings (SSSR count). The number of rotatable bonds is 5. The van der Waals surface area contributed by atoms with Crippen LogP contribution in [0.5, 0.6) is 0 Å². The molecule has 0 spiro atoms. The standard InChI is InChI=1S/C24H23F3N6O/c1-14(16-4-3-5-17(21(16)25)22(26)27)29-23-18-12-15(32-11-10-31(2)20(34)13-32)6-7-19(18)33-9-8-28-24(33)30-23/h3-9,12,14,22H,10-11,13H2,1-2H3,(H,28,29,30). The van der Waals surface area contributed by atoms with E-state index in [1.54, 1.807) is 31.3 Å². The number of hydrogen-bond acceptors (Lipinski definition) is 5. The van der Waals surface area contributed by atoms with E-state index in [1.807, 2.05) is 27.5 Å². The molecule has 1 amide bonds. The maximum Gasteiger partial charge on any atom is 0.266 e. The first-order valence-electron chi connectivity index (χ1n) is 10.9. The number of benzene rings is 2. The van der Waals surface area contributed by atoms with Crippen LogP contribution in [0.15, 0.2) is 48.8 Å². The smallest absolute Gasteiger partial charge is 0.266 e. The molecule has 10 heteroatoms. The summed E-state index contributed by atoms with van der Waals surface area (Å²) in [5.74, 6) is 0.00751. The second kappa shape index (κ2) is 8.51. The van der Waals surface area contributed by atoms with Crippen LogP contribution in [0.1, 0.15) is 30.5 Å². The van der Waals surface area contributed by atoms with Crippen molar-refractivity contribution < 1.29 is 18.0 Å². The van der Waals surface area contributed by atoms with Gasteiger partial charge in [0.1, 0.15) is 11.6 Å². The van der Waals surface area contributed by atoms with Crippen LogP contribution < -0.4 is 10.2 Å². The Balaban J connectivity index is 1.57. The second-order valence-electron chi connectivity index (χ2n) is 8.41. The first kappa shape index (κ1) is 22.0. The van der Waals surface area contributed by atoms with Crippen molar-refractivity contribution in [1.82, 2.24) is 19.3 Å². The van der Waals surface area contributed by atoms with Gasteiger partial charge in [0.15, 0.2) is 0 Å².